The number of hydrogen-bond acceptors (Lipinski definition) is 3. The van der Waals surface area contributed by atoms with Gasteiger partial charge in [-0.2, -0.15) is 0 Å². The first-order valence-electron chi connectivity index (χ1n) is 5.66. The fraction of sp³-hybridized carbons (Fsp3) is 0.214. The number of para-hydroxylation sites is 1. The summed E-state index contributed by atoms with van der Waals surface area (Å²) in [5, 5.41) is 3.34. The van der Waals surface area contributed by atoms with Gasteiger partial charge in [0.2, 0.25) is 0 Å². The molecule has 0 radical (unpaired) electrons. The summed E-state index contributed by atoms with van der Waals surface area (Å²) in [4.78, 5) is 4.38. The second-order valence-corrected chi connectivity index (χ2v) is 4.95. The monoisotopic (exact) mass is 306 g/mol. The van der Waals surface area contributed by atoms with E-state index in [0.717, 1.165) is 27.1 Å². The zero-order valence-corrected chi connectivity index (χ0v) is 12.0. The summed E-state index contributed by atoms with van der Waals surface area (Å²) >= 11 is 3.41. The molecule has 0 bridgehead atoms. The first kappa shape index (κ1) is 13.1. The molecule has 0 atom stereocenters. The number of benzene rings is 1. The highest BCUT2D eigenvalue weighted by molar-refractivity contribution is 9.10. The summed E-state index contributed by atoms with van der Waals surface area (Å²) in [5.41, 5.74) is 3.23. The molecule has 0 spiro atoms. The average Bonchev–Trinajstić information content (AvgIpc) is 2.35. The first-order chi connectivity index (χ1) is 8.70. The Morgan fingerprint density at radius 1 is 1.33 bits per heavy atom. The number of nitrogens with one attached hydrogen (secondary N) is 1. The molecule has 1 heterocycles. The highest BCUT2D eigenvalue weighted by Gasteiger charge is 2.05. The van der Waals surface area contributed by atoms with Crippen LogP contribution in [0.2, 0.25) is 0 Å². The van der Waals surface area contributed by atoms with Gasteiger partial charge in [0, 0.05) is 29.0 Å². The highest BCUT2D eigenvalue weighted by Crippen LogP contribution is 2.23. The Morgan fingerprint density at radius 3 is 2.83 bits per heavy atom. The number of ether oxygens (including phenoxy) is 1. The van der Waals surface area contributed by atoms with Gasteiger partial charge in [-0.05, 0) is 40.5 Å². The Hall–Kier alpha value is -1.39. The number of methoxy groups -OCH3 is 1. The van der Waals surface area contributed by atoms with Crippen molar-refractivity contribution in [3.63, 3.8) is 0 Å². The fourth-order valence-corrected chi connectivity index (χ4v) is 2.17. The maximum Gasteiger partial charge on any atom is 0.133 e. The minimum Gasteiger partial charge on any atom is -0.380 e. The predicted molar refractivity (Wildman–Crippen MR) is 77.1 cm³/mol. The van der Waals surface area contributed by atoms with Crippen molar-refractivity contribution in [3.8, 4) is 0 Å². The molecule has 2 rings (SSSR count). The summed E-state index contributed by atoms with van der Waals surface area (Å²) in [7, 11) is 1.69. The second kappa shape index (κ2) is 5.98. The molecule has 0 aliphatic carbocycles. The zero-order chi connectivity index (χ0) is 13.0. The zero-order valence-electron chi connectivity index (χ0n) is 10.4. The minimum atomic E-state index is 0.582. The molecular weight excluding hydrogens is 292 g/mol. The smallest absolute Gasteiger partial charge is 0.133 e. The van der Waals surface area contributed by atoms with Gasteiger partial charge in [0.05, 0.1) is 6.61 Å². The van der Waals surface area contributed by atoms with Crippen LogP contribution in [0.25, 0.3) is 0 Å². The average molecular weight is 307 g/mol. The van der Waals surface area contributed by atoms with Crippen molar-refractivity contribution in [2.45, 2.75) is 13.5 Å². The summed E-state index contributed by atoms with van der Waals surface area (Å²) < 4.78 is 6.17. The number of rotatable bonds is 4. The van der Waals surface area contributed by atoms with Gasteiger partial charge in [-0.1, -0.05) is 18.2 Å². The predicted octanol–water partition coefficient (Wildman–Crippen LogP) is 4.04. The lowest BCUT2D eigenvalue weighted by atomic mass is 10.2. The van der Waals surface area contributed by atoms with E-state index in [0.29, 0.717) is 6.61 Å². The van der Waals surface area contributed by atoms with Gasteiger partial charge in [-0.25, -0.2) is 4.98 Å². The molecule has 0 unspecified atom stereocenters. The number of halogens is 1. The van der Waals surface area contributed by atoms with E-state index in [1.54, 1.807) is 13.3 Å². The van der Waals surface area contributed by atoms with E-state index in [1.807, 2.05) is 37.3 Å². The molecule has 0 amide bonds. The van der Waals surface area contributed by atoms with E-state index in [-0.39, 0.29) is 0 Å². The van der Waals surface area contributed by atoms with Crippen molar-refractivity contribution in [2.24, 2.45) is 0 Å². The Labute approximate surface area is 115 Å². The largest absolute Gasteiger partial charge is 0.380 e. The number of aromatic nitrogens is 1. The van der Waals surface area contributed by atoms with Crippen molar-refractivity contribution in [3.05, 3.63) is 52.1 Å². The third-order valence-corrected chi connectivity index (χ3v) is 3.05. The number of anilines is 2. The fourth-order valence-electron chi connectivity index (χ4n) is 1.72. The number of aryl methyl sites for hydroxylation is 1. The lowest BCUT2D eigenvalue weighted by Crippen LogP contribution is -2.00. The van der Waals surface area contributed by atoms with Crippen LogP contribution in [0.5, 0.6) is 0 Å². The molecule has 2 aromatic rings. The highest BCUT2D eigenvalue weighted by atomic mass is 79.9. The van der Waals surface area contributed by atoms with E-state index >= 15 is 0 Å². The van der Waals surface area contributed by atoms with Gasteiger partial charge in [0.1, 0.15) is 5.82 Å². The molecule has 0 aliphatic heterocycles. The Bertz CT molecular complexity index is 543. The summed E-state index contributed by atoms with van der Waals surface area (Å²) in [5.74, 6) is 0.863. The van der Waals surface area contributed by atoms with Crippen LogP contribution in [0.15, 0.2) is 41.0 Å². The molecule has 4 heteroatoms. The maximum absolute atomic E-state index is 5.19. The molecule has 94 valence electrons. The van der Waals surface area contributed by atoms with Gasteiger partial charge >= 0.3 is 0 Å². The standard InChI is InChI=1S/C14H15BrN2O/c1-10-7-12(15)8-16-14(10)17-13-6-4-3-5-11(13)9-18-2/h3-8H,9H2,1-2H3,(H,16,17). The third-order valence-electron chi connectivity index (χ3n) is 2.62. The van der Waals surface area contributed by atoms with Crippen molar-refractivity contribution >= 4 is 27.4 Å². The van der Waals surface area contributed by atoms with Crippen molar-refractivity contribution in [1.29, 1.82) is 0 Å². The van der Waals surface area contributed by atoms with E-state index in [2.05, 4.69) is 26.2 Å². The molecule has 1 aromatic carbocycles. The van der Waals surface area contributed by atoms with Gasteiger partial charge < -0.3 is 10.1 Å². The Morgan fingerprint density at radius 2 is 2.11 bits per heavy atom. The van der Waals surface area contributed by atoms with Crippen molar-refractivity contribution < 1.29 is 4.74 Å². The lowest BCUT2D eigenvalue weighted by molar-refractivity contribution is 0.185. The van der Waals surface area contributed by atoms with Gasteiger partial charge in [0.25, 0.3) is 0 Å². The van der Waals surface area contributed by atoms with Gasteiger partial charge in [-0.3, -0.25) is 0 Å². The van der Waals surface area contributed by atoms with Gasteiger partial charge in [0.15, 0.2) is 0 Å². The third kappa shape index (κ3) is 3.09. The van der Waals surface area contributed by atoms with Crippen LogP contribution in [0.3, 0.4) is 0 Å². The van der Waals surface area contributed by atoms with Crippen molar-refractivity contribution in [1.82, 2.24) is 4.98 Å². The molecule has 0 fully saturated rings. The maximum atomic E-state index is 5.19. The summed E-state index contributed by atoms with van der Waals surface area (Å²) in [6.07, 6.45) is 1.79. The van der Waals surface area contributed by atoms with E-state index in [9.17, 15) is 0 Å². The molecule has 18 heavy (non-hydrogen) atoms. The van der Waals surface area contributed by atoms with Crippen LogP contribution in [0, 0.1) is 6.92 Å². The normalized spacial score (nSPS) is 10.4. The molecule has 1 aromatic heterocycles. The molecule has 0 saturated heterocycles. The molecule has 3 nitrogen and oxygen atoms in total. The topological polar surface area (TPSA) is 34.1 Å². The Kier molecular flexibility index (Phi) is 4.33. The van der Waals surface area contributed by atoms with Crippen LogP contribution in [0.4, 0.5) is 11.5 Å². The summed E-state index contributed by atoms with van der Waals surface area (Å²) in [6, 6.07) is 10.1. The van der Waals surface area contributed by atoms with E-state index in [1.165, 1.54) is 0 Å². The lowest BCUT2D eigenvalue weighted by Gasteiger charge is -2.12. The van der Waals surface area contributed by atoms with Gasteiger partial charge in [-0.15, -0.1) is 0 Å². The molecule has 0 saturated carbocycles. The number of hydrogen-bond donors (Lipinski definition) is 1. The quantitative estimate of drug-likeness (QED) is 0.925. The second-order valence-electron chi connectivity index (χ2n) is 4.03. The SMILES string of the molecule is COCc1ccccc1Nc1ncc(Br)cc1C. The van der Waals surface area contributed by atoms with E-state index < -0.39 is 0 Å². The first-order valence-corrected chi connectivity index (χ1v) is 6.46. The molecule has 0 aliphatic rings. The van der Waals surface area contributed by atoms with Crippen LogP contribution < -0.4 is 5.32 Å². The Balaban J connectivity index is 2.28. The van der Waals surface area contributed by atoms with Crippen LogP contribution >= 0.6 is 15.9 Å². The molecular formula is C14H15BrN2O. The summed E-state index contributed by atoms with van der Waals surface area (Å²) in [6.45, 7) is 2.61. The van der Waals surface area contributed by atoms with E-state index in [4.69, 9.17) is 4.74 Å². The van der Waals surface area contributed by atoms with Crippen LogP contribution in [0.1, 0.15) is 11.1 Å². The van der Waals surface area contributed by atoms with Crippen LogP contribution in [-0.4, -0.2) is 12.1 Å². The molecule has 1 N–H and O–H groups in total. The van der Waals surface area contributed by atoms with Crippen molar-refractivity contribution in [2.75, 3.05) is 12.4 Å². The minimum absolute atomic E-state index is 0.582. The number of nitrogens with zero attached hydrogens (tertiary/aromatic N) is 1. The number of pyridine rings is 1. The van der Waals surface area contributed by atoms with Crippen LogP contribution in [-0.2, 0) is 11.3 Å².